The van der Waals surface area contributed by atoms with Crippen LogP contribution in [0.4, 0.5) is 15.8 Å². The van der Waals surface area contributed by atoms with E-state index >= 15 is 0 Å². The van der Waals surface area contributed by atoms with Crippen molar-refractivity contribution in [1.82, 2.24) is 0 Å². The number of nitrogens with zero attached hydrogens (tertiary/aromatic N) is 1. The number of halogens is 1. The van der Waals surface area contributed by atoms with Gasteiger partial charge in [-0.1, -0.05) is 30.3 Å². The van der Waals surface area contributed by atoms with Crippen molar-refractivity contribution in [2.24, 2.45) is 5.92 Å². The molecule has 0 spiro atoms. The number of hydrogen-bond donors (Lipinski definition) is 1. The third-order valence-electron chi connectivity index (χ3n) is 4.02. The first kappa shape index (κ1) is 17.6. The van der Waals surface area contributed by atoms with E-state index in [9.17, 15) is 18.8 Å². The van der Waals surface area contributed by atoms with Gasteiger partial charge in [0.2, 0.25) is 5.91 Å². The number of rotatable bonds is 5. The van der Waals surface area contributed by atoms with Crippen LogP contribution in [0.5, 0.6) is 0 Å². The Morgan fingerprint density at radius 3 is 2.54 bits per heavy atom. The zero-order chi connectivity index (χ0) is 18.5. The fraction of sp³-hybridized carbons (Fsp3) is 0.211. The maximum atomic E-state index is 13.5. The number of carbonyl (C=O) groups excluding carboxylic acids is 3. The number of para-hydroxylation sites is 2. The van der Waals surface area contributed by atoms with Gasteiger partial charge in [0.1, 0.15) is 5.82 Å². The minimum atomic E-state index is -0.646. The summed E-state index contributed by atoms with van der Waals surface area (Å²) in [4.78, 5) is 37.6. The number of esters is 1. The summed E-state index contributed by atoms with van der Waals surface area (Å²) in [7, 11) is 0. The van der Waals surface area contributed by atoms with Crippen molar-refractivity contribution < 1.29 is 23.5 Å². The highest BCUT2D eigenvalue weighted by Crippen LogP contribution is 2.25. The SMILES string of the molecule is O=C(COC(=O)[C@@H]1CC(=O)N(c2ccccc2)C1)Nc1ccccc1F. The van der Waals surface area contributed by atoms with Crippen molar-refractivity contribution in [3.63, 3.8) is 0 Å². The Balaban J connectivity index is 1.52. The Morgan fingerprint density at radius 1 is 1.12 bits per heavy atom. The molecule has 134 valence electrons. The summed E-state index contributed by atoms with van der Waals surface area (Å²) in [5, 5.41) is 2.33. The Hall–Kier alpha value is -3.22. The lowest BCUT2D eigenvalue weighted by atomic mass is 10.1. The molecule has 0 bridgehead atoms. The molecule has 3 rings (SSSR count). The topological polar surface area (TPSA) is 75.7 Å². The molecule has 1 fully saturated rings. The zero-order valence-corrected chi connectivity index (χ0v) is 13.9. The molecule has 2 aromatic rings. The Bertz CT molecular complexity index is 825. The van der Waals surface area contributed by atoms with Crippen LogP contribution in [0.2, 0.25) is 0 Å². The molecule has 2 amide bonds. The lowest BCUT2D eigenvalue weighted by Gasteiger charge is -2.16. The van der Waals surface area contributed by atoms with Crippen molar-refractivity contribution in [3.05, 3.63) is 60.4 Å². The van der Waals surface area contributed by atoms with Gasteiger partial charge in [0.15, 0.2) is 6.61 Å². The number of carbonyl (C=O) groups is 3. The third kappa shape index (κ3) is 4.05. The molecular weight excluding hydrogens is 339 g/mol. The van der Waals surface area contributed by atoms with E-state index in [0.717, 1.165) is 0 Å². The van der Waals surface area contributed by atoms with Crippen LogP contribution in [0.25, 0.3) is 0 Å². The average Bonchev–Trinajstić information content (AvgIpc) is 3.04. The van der Waals surface area contributed by atoms with E-state index in [-0.39, 0.29) is 24.6 Å². The number of amides is 2. The monoisotopic (exact) mass is 356 g/mol. The summed E-state index contributed by atoms with van der Waals surface area (Å²) in [5.41, 5.74) is 0.727. The number of hydrogen-bond acceptors (Lipinski definition) is 4. The second kappa shape index (κ2) is 7.77. The fourth-order valence-corrected chi connectivity index (χ4v) is 2.73. The van der Waals surface area contributed by atoms with Crippen LogP contribution in [-0.2, 0) is 19.1 Å². The van der Waals surface area contributed by atoms with Crippen LogP contribution in [-0.4, -0.2) is 30.9 Å². The molecule has 0 aromatic heterocycles. The Morgan fingerprint density at radius 2 is 1.81 bits per heavy atom. The standard InChI is InChI=1S/C19H17FN2O4/c20-15-8-4-5-9-16(15)21-17(23)12-26-19(25)13-10-18(24)22(11-13)14-6-2-1-3-7-14/h1-9,13H,10-12H2,(H,21,23)/t13-/m1/s1. The van der Waals surface area contributed by atoms with Gasteiger partial charge < -0.3 is 15.0 Å². The van der Waals surface area contributed by atoms with E-state index in [2.05, 4.69) is 5.32 Å². The molecule has 0 unspecified atom stereocenters. The summed E-state index contributed by atoms with van der Waals surface area (Å²) in [6.45, 7) is -0.334. The van der Waals surface area contributed by atoms with E-state index in [1.54, 1.807) is 30.3 Å². The van der Waals surface area contributed by atoms with Gasteiger partial charge in [-0.05, 0) is 24.3 Å². The van der Waals surface area contributed by atoms with Crippen molar-refractivity contribution in [1.29, 1.82) is 0 Å². The molecule has 26 heavy (non-hydrogen) atoms. The second-order valence-corrected chi connectivity index (χ2v) is 5.88. The number of anilines is 2. The van der Waals surface area contributed by atoms with Crippen LogP contribution in [0.1, 0.15) is 6.42 Å². The summed E-state index contributed by atoms with van der Waals surface area (Å²) in [6.07, 6.45) is 0.0304. The molecular formula is C19H17FN2O4. The molecule has 1 aliphatic heterocycles. The first-order valence-electron chi connectivity index (χ1n) is 8.11. The normalized spacial score (nSPS) is 16.4. The van der Waals surface area contributed by atoms with Crippen LogP contribution in [0.15, 0.2) is 54.6 Å². The van der Waals surface area contributed by atoms with Gasteiger partial charge in [0, 0.05) is 18.7 Å². The first-order valence-corrected chi connectivity index (χ1v) is 8.11. The molecule has 0 radical (unpaired) electrons. The van der Waals surface area contributed by atoms with E-state index in [0.29, 0.717) is 5.69 Å². The molecule has 1 heterocycles. The number of benzene rings is 2. The smallest absolute Gasteiger partial charge is 0.311 e. The molecule has 1 N–H and O–H groups in total. The second-order valence-electron chi connectivity index (χ2n) is 5.88. The lowest BCUT2D eigenvalue weighted by Crippen LogP contribution is -2.28. The van der Waals surface area contributed by atoms with Gasteiger partial charge in [-0.25, -0.2) is 4.39 Å². The fourth-order valence-electron chi connectivity index (χ4n) is 2.73. The molecule has 0 saturated carbocycles. The van der Waals surface area contributed by atoms with Crippen molar-refractivity contribution in [3.8, 4) is 0 Å². The third-order valence-corrected chi connectivity index (χ3v) is 4.02. The van der Waals surface area contributed by atoms with Gasteiger partial charge in [0.25, 0.3) is 5.91 Å². The average molecular weight is 356 g/mol. The number of nitrogens with one attached hydrogen (secondary N) is 1. The largest absolute Gasteiger partial charge is 0.455 e. The quantitative estimate of drug-likeness (QED) is 0.835. The maximum absolute atomic E-state index is 13.5. The minimum absolute atomic E-state index is 0.0137. The maximum Gasteiger partial charge on any atom is 0.311 e. The summed E-state index contributed by atoms with van der Waals surface area (Å²) in [6, 6.07) is 14.7. The summed E-state index contributed by atoms with van der Waals surface area (Å²) >= 11 is 0. The van der Waals surface area contributed by atoms with Gasteiger partial charge >= 0.3 is 5.97 Å². The highest BCUT2D eigenvalue weighted by Gasteiger charge is 2.36. The molecule has 1 aliphatic rings. The van der Waals surface area contributed by atoms with Gasteiger partial charge in [-0.2, -0.15) is 0 Å². The van der Waals surface area contributed by atoms with Gasteiger partial charge in [0.05, 0.1) is 11.6 Å². The lowest BCUT2D eigenvalue weighted by molar-refractivity contribution is -0.151. The molecule has 7 heteroatoms. The van der Waals surface area contributed by atoms with Crippen molar-refractivity contribution >= 4 is 29.2 Å². The van der Waals surface area contributed by atoms with E-state index in [4.69, 9.17) is 4.74 Å². The Labute approximate surface area is 149 Å². The van der Waals surface area contributed by atoms with Crippen LogP contribution >= 0.6 is 0 Å². The minimum Gasteiger partial charge on any atom is -0.455 e. The molecule has 1 atom stereocenters. The molecule has 6 nitrogen and oxygen atoms in total. The van der Waals surface area contributed by atoms with Crippen molar-refractivity contribution in [2.75, 3.05) is 23.4 Å². The predicted octanol–water partition coefficient (Wildman–Crippen LogP) is 2.36. The summed E-state index contributed by atoms with van der Waals surface area (Å²) in [5.74, 6) is -2.65. The van der Waals surface area contributed by atoms with Crippen LogP contribution < -0.4 is 10.2 Å². The number of ether oxygens (including phenoxy) is 1. The van der Waals surface area contributed by atoms with Gasteiger partial charge in [-0.15, -0.1) is 0 Å². The first-order chi connectivity index (χ1) is 12.5. The zero-order valence-electron chi connectivity index (χ0n) is 13.9. The van der Waals surface area contributed by atoms with Crippen molar-refractivity contribution in [2.45, 2.75) is 6.42 Å². The van der Waals surface area contributed by atoms with E-state index < -0.39 is 30.2 Å². The summed E-state index contributed by atoms with van der Waals surface area (Å²) < 4.78 is 18.5. The highest BCUT2D eigenvalue weighted by molar-refractivity contribution is 6.00. The van der Waals surface area contributed by atoms with E-state index in [1.807, 2.05) is 6.07 Å². The van der Waals surface area contributed by atoms with E-state index in [1.165, 1.54) is 23.1 Å². The predicted molar refractivity (Wildman–Crippen MR) is 92.9 cm³/mol. The Kier molecular flexibility index (Phi) is 5.26. The molecule has 2 aromatic carbocycles. The van der Waals surface area contributed by atoms with Gasteiger partial charge in [-0.3, -0.25) is 14.4 Å². The highest BCUT2D eigenvalue weighted by atomic mass is 19.1. The van der Waals surface area contributed by atoms with Crippen LogP contribution in [0.3, 0.4) is 0 Å². The molecule has 0 aliphatic carbocycles. The van der Waals surface area contributed by atoms with Crippen LogP contribution in [0, 0.1) is 11.7 Å². The molecule has 1 saturated heterocycles.